The minimum atomic E-state index is -5.29. The second kappa shape index (κ2) is 13.5. The number of phenols is 2. The van der Waals surface area contributed by atoms with E-state index in [1.807, 2.05) is 0 Å². The molecule has 0 spiro atoms. The quantitative estimate of drug-likeness (QED) is 0.0948. The van der Waals surface area contributed by atoms with Crippen molar-refractivity contribution in [3.8, 4) is 17.2 Å². The van der Waals surface area contributed by atoms with E-state index in [0.29, 0.717) is 0 Å². The van der Waals surface area contributed by atoms with E-state index in [0.717, 1.165) is 6.92 Å². The van der Waals surface area contributed by atoms with Crippen LogP contribution < -0.4 is 78.7 Å². The van der Waals surface area contributed by atoms with Crippen molar-refractivity contribution in [1.82, 2.24) is 5.09 Å². The standard InChI is InChI=1S/C27H30NO13P.2Na/c1-10-22(30)14(28-42(36,37)38)7-17(40-10)41-16-9-27(35,11(2)29)8-13-19(16)26(34)21-20(24(13)32)23(31)12-5-4-6-15(39-3)18(12)25(21)33;;/h4-6,10,14,16-17,22,30,32,34-35H,7-9H2,1-3H3,(H3,28,36,37,38);;/q;2*+1/p-2/t10-,14+,16-,17-,22+,27-;;/m0../s1. The van der Waals surface area contributed by atoms with Gasteiger partial charge in [0.25, 0.3) is 0 Å². The third kappa shape index (κ3) is 6.49. The molecule has 14 nitrogen and oxygen atoms in total. The molecule has 3 aliphatic rings. The number of aliphatic hydroxyl groups excluding tert-OH is 1. The van der Waals surface area contributed by atoms with E-state index >= 15 is 0 Å². The molecule has 2 aromatic rings. The van der Waals surface area contributed by atoms with Crippen LogP contribution >= 0.6 is 7.75 Å². The maximum atomic E-state index is 13.7. The largest absolute Gasteiger partial charge is 1.00 e. The van der Waals surface area contributed by atoms with Crippen LogP contribution in [0.3, 0.4) is 0 Å². The van der Waals surface area contributed by atoms with Crippen molar-refractivity contribution in [2.75, 3.05) is 7.11 Å². The molecule has 0 bridgehead atoms. The molecule has 0 saturated carbocycles. The van der Waals surface area contributed by atoms with Gasteiger partial charge >= 0.3 is 59.1 Å². The van der Waals surface area contributed by atoms with Gasteiger partial charge in [-0.1, -0.05) is 12.1 Å². The molecule has 2 aliphatic carbocycles. The smallest absolute Gasteiger partial charge is 0.799 e. The Morgan fingerprint density at radius 1 is 1.11 bits per heavy atom. The van der Waals surface area contributed by atoms with E-state index < -0.39 is 96.8 Å². The number of nitrogens with one attached hydrogen (secondary N) is 1. The first-order valence-corrected chi connectivity index (χ1v) is 14.5. The molecule has 6 atom stereocenters. The number of aromatic hydroxyl groups is 2. The minimum absolute atomic E-state index is 0. The van der Waals surface area contributed by atoms with E-state index in [1.165, 1.54) is 32.2 Å². The van der Waals surface area contributed by atoms with Crippen molar-refractivity contribution in [2.45, 2.75) is 69.4 Å². The monoisotopic (exact) mass is 651 g/mol. The number of carbonyl (C=O) groups is 3. The Morgan fingerprint density at radius 3 is 2.34 bits per heavy atom. The zero-order valence-electron chi connectivity index (χ0n) is 24.7. The van der Waals surface area contributed by atoms with Crippen LogP contribution in [0.1, 0.15) is 75.8 Å². The number of ketones is 3. The van der Waals surface area contributed by atoms with Crippen molar-refractivity contribution in [3.05, 3.63) is 51.6 Å². The molecule has 2 aromatic carbocycles. The molecule has 1 aliphatic heterocycles. The first kappa shape index (κ1) is 37.3. The Morgan fingerprint density at radius 2 is 1.75 bits per heavy atom. The van der Waals surface area contributed by atoms with Crippen LogP contribution in [0, 0.1) is 0 Å². The number of hydrogen-bond donors (Lipinski definition) is 5. The molecule has 0 unspecified atom stereocenters. The molecule has 1 saturated heterocycles. The van der Waals surface area contributed by atoms with Gasteiger partial charge in [-0.3, -0.25) is 19.5 Å². The number of benzene rings is 2. The van der Waals surface area contributed by atoms with E-state index in [-0.39, 0.29) is 93.5 Å². The summed E-state index contributed by atoms with van der Waals surface area (Å²) in [4.78, 5) is 62.5. The van der Waals surface area contributed by atoms with Crippen LogP contribution in [-0.4, -0.2) is 75.0 Å². The summed E-state index contributed by atoms with van der Waals surface area (Å²) >= 11 is 0. The fraction of sp³-hybridized carbons (Fsp3) is 0.444. The number of rotatable bonds is 6. The second-order valence-corrected chi connectivity index (χ2v) is 12.0. The molecule has 1 fully saturated rings. The Hall–Kier alpha value is -1.20. The van der Waals surface area contributed by atoms with Crippen LogP contribution in [0.2, 0.25) is 0 Å². The normalized spacial score (nSPS) is 27.7. The van der Waals surface area contributed by atoms with Crippen LogP contribution in [0.15, 0.2) is 18.2 Å². The van der Waals surface area contributed by atoms with Gasteiger partial charge in [-0.25, -0.2) is 0 Å². The van der Waals surface area contributed by atoms with Gasteiger partial charge in [0.1, 0.15) is 22.8 Å². The van der Waals surface area contributed by atoms with E-state index in [9.17, 15) is 49.2 Å². The number of methoxy groups -OCH3 is 1. The summed E-state index contributed by atoms with van der Waals surface area (Å²) in [6.45, 7) is 2.50. The molecule has 5 N–H and O–H groups in total. The molecule has 44 heavy (non-hydrogen) atoms. The zero-order chi connectivity index (χ0) is 30.9. The Balaban J connectivity index is 0.00000264. The molecule has 5 rings (SSSR count). The number of carbonyl (C=O) groups excluding carboxylic acids is 3. The van der Waals surface area contributed by atoms with Crippen molar-refractivity contribution < 1.29 is 122 Å². The topological polar surface area (TPSA) is 235 Å². The molecule has 0 radical (unpaired) electrons. The molecule has 1 heterocycles. The number of aliphatic hydroxyl groups is 2. The summed E-state index contributed by atoms with van der Waals surface area (Å²) in [6, 6.07) is 2.97. The summed E-state index contributed by atoms with van der Waals surface area (Å²) in [6.07, 6.45) is -6.66. The van der Waals surface area contributed by atoms with Gasteiger partial charge in [0.15, 0.2) is 17.9 Å². The van der Waals surface area contributed by atoms with E-state index in [2.05, 4.69) is 0 Å². The fourth-order valence-corrected chi connectivity index (χ4v) is 6.62. The number of ether oxygens (including phenoxy) is 3. The molecular formula is C27H28NNa2O13P. The molecule has 226 valence electrons. The van der Waals surface area contributed by atoms with E-state index in [1.54, 1.807) is 5.09 Å². The summed E-state index contributed by atoms with van der Waals surface area (Å²) in [5.74, 6) is -3.74. The van der Waals surface area contributed by atoms with Crippen LogP contribution in [-0.2, 0) is 25.3 Å². The van der Waals surface area contributed by atoms with Gasteiger partial charge in [0, 0.05) is 42.0 Å². The number of Topliss-reactive ketones (excluding diaryl/α,β-unsaturated/α-hetero) is 1. The summed E-state index contributed by atoms with van der Waals surface area (Å²) in [7, 11) is -3.99. The van der Waals surface area contributed by atoms with Gasteiger partial charge in [-0.15, -0.1) is 0 Å². The van der Waals surface area contributed by atoms with Gasteiger partial charge in [0.2, 0.25) is 5.78 Å². The van der Waals surface area contributed by atoms with Crippen molar-refractivity contribution >= 4 is 25.1 Å². The predicted molar refractivity (Wildman–Crippen MR) is 137 cm³/mol. The fourth-order valence-electron chi connectivity index (χ4n) is 5.96. The molecule has 17 heteroatoms. The van der Waals surface area contributed by atoms with Crippen molar-refractivity contribution in [2.24, 2.45) is 0 Å². The first-order valence-electron chi connectivity index (χ1n) is 13.0. The first-order chi connectivity index (χ1) is 19.6. The SMILES string of the molecule is COc1cccc2c1C(=O)c1c(O)c3c(c(O)c1C2=O)C[C@@](O)(C(C)=O)C[C@@H]3O[C@H]1C[C@@H](NP(=O)([O-])[O-])[C@H](O)[C@H](C)O1.[Na+].[Na+]. The third-order valence-corrected chi connectivity index (χ3v) is 8.73. The molecular weight excluding hydrogens is 623 g/mol. The Kier molecular flexibility index (Phi) is 11.4. The van der Waals surface area contributed by atoms with Gasteiger partial charge < -0.3 is 49.0 Å². The minimum Gasteiger partial charge on any atom is -0.799 e. The number of hydrogen-bond acceptors (Lipinski definition) is 13. The number of fused-ring (bicyclic) bond motifs is 3. The maximum absolute atomic E-state index is 13.7. The van der Waals surface area contributed by atoms with Crippen LogP contribution in [0.5, 0.6) is 17.2 Å². The Bertz CT molecular complexity index is 1560. The summed E-state index contributed by atoms with van der Waals surface area (Å²) in [5, 5.41) is 46.3. The van der Waals surface area contributed by atoms with Gasteiger partial charge in [0.05, 0.1) is 42.1 Å². The zero-order valence-corrected chi connectivity index (χ0v) is 29.5. The average molecular weight is 651 g/mol. The van der Waals surface area contributed by atoms with Crippen molar-refractivity contribution in [1.29, 1.82) is 0 Å². The van der Waals surface area contributed by atoms with Gasteiger partial charge in [-0.05, 0) is 27.7 Å². The summed E-state index contributed by atoms with van der Waals surface area (Å²) in [5.41, 5.74) is -3.80. The molecule has 0 aromatic heterocycles. The van der Waals surface area contributed by atoms with E-state index in [4.69, 9.17) is 14.2 Å². The summed E-state index contributed by atoms with van der Waals surface area (Å²) < 4.78 is 28.2. The average Bonchev–Trinajstić information content (AvgIpc) is 2.90. The second-order valence-electron chi connectivity index (χ2n) is 10.7. The molecule has 0 amide bonds. The third-order valence-electron chi connectivity index (χ3n) is 8.08. The Labute approximate surface area is 295 Å². The van der Waals surface area contributed by atoms with Gasteiger partial charge in [-0.2, -0.15) is 0 Å². The predicted octanol–water partition coefficient (Wildman–Crippen LogP) is -6.50. The van der Waals surface area contributed by atoms with Crippen LogP contribution in [0.4, 0.5) is 0 Å². The number of phenolic OH excluding ortho intramolecular Hbond substituents is 2. The maximum Gasteiger partial charge on any atom is 1.00 e. The van der Waals surface area contributed by atoms with Crippen LogP contribution in [0.25, 0.3) is 0 Å². The van der Waals surface area contributed by atoms with Crippen molar-refractivity contribution in [3.63, 3.8) is 0 Å².